The Labute approximate surface area is 170 Å². The number of carboxylic acid groups (broad SMARTS) is 2. The van der Waals surface area contributed by atoms with Crippen molar-refractivity contribution >= 4 is 35.1 Å². The van der Waals surface area contributed by atoms with Crippen molar-refractivity contribution in [2.75, 3.05) is 26.2 Å². The monoisotopic (exact) mass is 419 g/mol. The van der Waals surface area contributed by atoms with Crippen LogP contribution < -0.4 is 4.74 Å². The van der Waals surface area contributed by atoms with Gasteiger partial charge in [0, 0.05) is 0 Å². The number of nitrogens with zero attached hydrogens (tertiary/aromatic N) is 1. The smallest absolute Gasteiger partial charge is 0.414 e. The van der Waals surface area contributed by atoms with Crippen LogP contribution in [-0.4, -0.2) is 53.3 Å². The average Bonchev–Trinajstić information content (AvgIpc) is 2.58. The van der Waals surface area contributed by atoms with Crippen molar-refractivity contribution < 1.29 is 24.5 Å². The molecule has 1 aromatic rings. The van der Waals surface area contributed by atoms with E-state index in [9.17, 15) is 0 Å². The minimum absolute atomic E-state index is 0.602. The third-order valence-electron chi connectivity index (χ3n) is 4.32. The summed E-state index contributed by atoms with van der Waals surface area (Å²) in [5, 5.41) is 16.0. The number of hydrogen-bond donors (Lipinski definition) is 2. The van der Waals surface area contributed by atoms with Crippen LogP contribution in [0.4, 0.5) is 0 Å². The molecule has 6 nitrogen and oxygen atoms in total. The van der Waals surface area contributed by atoms with Gasteiger partial charge < -0.3 is 19.8 Å². The number of ether oxygens (including phenoxy) is 1. The lowest BCUT2D eigenvalue weighted by molar-refractivity contribution is -0.159. The van der Waals surface area contributed by atoms with Gasteiger partial charge in [-0.15, -0.1) is 0 Å². The van der Waals surface area contributed by atoms with E-state index >= 15 is 0 Å². The van der Waals surface area contributed by atoms with E-state index in [0.29, 0.717) is 22.4 Å². The lowest BCUT2D eigenvalue weighted by Crippen LogP contribution is -2.33. The highest BCUT2D eigenvalue weighted by molar-refractivity contribution is 6.37. The van der Waals surface area contributed by atoms with Crippen LogP contribution in [0.25, 0.3) is 0 Å². The molecule has 0 spiro atoms. The largest absolute Gasteiger partial charge is 0.490 e. The molecule has 8 heteroatoms. The summed E-state index contributed by atoms with van der Waals surface area (Å²) in [4.78, 5) is 20.8. The molecule has 27 heavy (non-hydrogen) atoms. The van der Waals surface area contributed by atoms with Gasteiger partial charge in [-0.2, -0.15) is 0 Å². The van der Waals surface area contributed by atoms with Gasteiger partial charge in [0.2, 0.25) is 0 Å². The zero-order valence-electron chi connectivity index (χ0n) is 15.7. The summed E-state index contributed by atoms with van der Waals surface area (Å²) < 4.78 is 5.75. The van der Waals surface area contributed by atoms with E-state index in [0.717, 1.165) is 24.3 Å². The van der Waals surface area contributed by atoms with Crippen LogP contribution in [0, 0.1) is 12.8 Å². The second-order valence-electron chi connectivity index (χ2n) is 6.75. The number of benzene rings is 1. The Bertz CT molecular complexity index is 596. The molecule has 0 radical (unpaired) electrons. The highest BCUT2D eigenvalue weighted by Gasteiger charge is 2.15. The number of unbranched alkanes of at least 4 members (excludes halogenated alkanes) is 1. The summed E-state index contributed by atoms with van der Waals surface area (Å²) in [6.45, 7) is 8.66. The van der Waals surface area contributed by atoms with Crippen molar-refractivity contribution in [1.29, 1.82) is 0 Å². The van der Waals surface area contributed by atoms with E-state index in [2.05, 4.69) is 11.8 Å². The molecule has 2 rings (SSSR count). The summed E-state index contributed by atoms with van der Waals surface area (Å²) in [7, 11) is 0. The van der Waals surface area contributed by atoms with Crippen molar-refractivity contribution in [3.05, 3.63) is 27.7 Å². The SMILES string of the molecule is Cc1cc(Cl)c(OCCCCN2CCC(C)CC2)c(Cl)c1.O=C(O)C(=O)O. The Morgan fingerprint density at radius 2 is 1.63 bits per heavy atom. The van der Waals surface area contributed by atoms with Crippen LogP contribution >= 0.6 is 23.2 Å². The fourth-order valence-electron chi connectivity index (χ4n) is 2.72. The molecule has 0 aliphatic carbocycles. The van der Waals surface area contributed by atoms with Gasteiger partial charge in [-0.1, -0.05) is 30.1 Å². The summed E-state index contributed by atoms with van der Waals surface area (Å²) in [5.41, 5.74) is 1.05. The molecule has 1 aliphatic rings. The third kappa shape index (κ3) is 9.31. The first-order chi connectivity index (χ1) is 12.7. The van der Waals surface area contributed by atoms with Gasteiger partial charge >= 0.3 is 11.9 Å². The molecule has 2 N–H and O–H groups in total. The minimum Gasteiger partial charge on any atom is -0.490 e. The number of piperidine rings is 1. The number of carboxylic acids is 2. The van der Waals surface area contributed by atoms with Crippen LogP contribution in [0.15, 0.2) is 12.1 Å². The molecule has 0 amide bonds. The first kappa shape index (κ1) is 23.5. The van der Waals surface area contributed by atoms with E-state index in [1.165, 1.54) is 32.5 Å². The maximum atomic E-state index is 9.10. The van der Waals surface area contributed by atoms with Crippen LogP contribution in [-0.2, 0) is 9.59 Å². The van der Waals surface area contributed by atoms with Gasteiger partial charge in [-0.3, -0.25) is 0 Å². The number of carbonyl (C=O) groups is 2. The molecule has 0 aromatic heterocycles. The Hall–Kier alpha value is -1.50. The highest BCUT2D eigenvalue weighted by Crippen LogP contribution is 2.34. The lowest BCUT2D eigenvalue weighted by Gasteiger charge is -2.30. The standard InChI is InChI=1S/C17H25Cl2NO.C2H2O4/c1-13-5-8-20(9-6-13)7-3-4-10-21-17-15(18)11-14(2)12-16(17)19;3-1(4)2(5)6/h11-13H,3-10H2,1-2H3;(H,3,4)(H,5,6). The summed E-state index contributed by atoms with van der Waals surface area (Å²) >= 11 is 12.3. The predicted octanol–water partition coefficient (Wildman–Crippen LogP) is 4.35. The fourth-order valence-corrected chi connectivity index (χ4v) is 3.43. The fraction of sp³-hybridized carbons (Fsp3) is 0.579. The van der Waals surface area contributed by atoms with Gasteiger partial charge in [0.15, 0.2) is 5.75 Å². The maximum Gasteiger partial charge on any atom is 0.414 e. The molecule has 1 saturated heterocycles. The van der Waals surface area contributed by atoms with Gasteiger partial charge in [0.25, 0.3) is 0 Å². The van der Waals surface area contributed by atoms with Gasteiger partial charge in [0.1, 0.15) is 0 Å². The average molecular weight is 420 g/mol. The quantitative estimate of drug-likeness (QED) is 0.526. The molecule has 1 fully saturated rings. The Kier molecular flexibility index (Phi) is 10.5. The van der Waals surface area contributed by atoms with Crippen LogP contribution in [0.1, 0.15) is 38.2 Å². The number of aryl methyl sites for hydroxylation is 1. The van der Waals surface area contributed by atoms with Crippen LogP contribution in [0.5, 0.6) is 5.75 Å². The van der Waals surface area contributed by atoms with Crippen LogP contribution in [0.3, 0.4) is 0 Å². The van der Waals surface area contributed by atoms with Gasteiger partial charge in [-0.05, 0) is 75.9 Å². The Morgan fingerprint density at radius 3 is 2.11 bits per heavy atom. The van der Waals surface area contributed by atoms with E-state index in [1.54, 1.807) is 0 Å². The molecule has 1 aliphatic heterocycles. The summed E-state index contributed by atoms with van der Waals surface area (Å²) in [6, 6.07) is 3.77. The first-order valence-corrected chi connectivity index (χ1v) is 9.73. The molecule has 0 atom stereocenters. The summed E-state index contributed by atoms with van der Waals surface area (Å²) in [5.74, 6) is -2.13. The van der Waals surface area contributed by atoms with E-state index < -0.39 is 11.9 Å². The molecule has 1 aromatic carbocycles. The topological polar surface area (TPSA) is 87.1 Å². The lowest BCUT2D eigenvalue weighted by atomic mass is 9.99. The number of rotatable bonds is 6. The Morgan fingerprint density at radius 1 is 1.11 bits per heavy atom. The van der Waals surface area contributed by atoms with Crippen molar-refractivity contribution in [3.8, 4) is 5.75 Å². The zero-order valence-corrected chi connectivity index (χ0v) is 17.2. The molecule has 1 heterocycles. The summed E-state index contributed by atoms with van der Waals surface area (Å²) in [6.07, 6.45) is 4.87. The Balaban J connectivity index is 0.000000527. The van der Waals surface area contributed by atoms with Crippen molar-refractivity contribution in [2.45, 2.75) is 39.5 Å². The van der Waals surface area contributed by atoms with E-state index in [-0.39, 0.29) is 0 Å². The molecular formula is C19H27Cl2NO5. The predicted molar refractivity (Wildman–Crippen MR) is 106 cm³/mol. The van der Waals surface area contributed by atoms with Gasteiger partial charge in [-0.25, -0.2) is 9.59 Å². The van der Waals surface area contributed by atoms with E-state index in [4.69, 9.17) is 47.7 Å². The molecule has 0 bridgehead atoms. The second-order valence-corrected chi connectivity index (χ2v) is 7.56. The molecule has 0 saturated carbocycles. The zero-order chi connectivity index (χ0) is 20.4. The molecular weight excluding hydrogens is 393 g/mol. The third-order valence-corrected chi connectivity index (χ3v) is 4.88. The van der Waals surface area contributed by atoms with Gasteiger partial charge in [0.05, 0.1) is 16.7 Å². The second kappa shape index (κ2) is 12.1. The van der Waals surface area contributed by atoms with E-state index in [1.807, 2.05) is 19.1 Å². The maximum absolute atomic E-state index is 9.10. The highest BCUT2D eigenvalue weighted by atomic mass is 35.5. The minimum atomic E-state index is -1.82. The number of likely N-dealkylation sites (tertiary alicyclic amines) is 1. The normalized spacial score (nSPS) is 15.0. The number of hydrogen-bond acceptors (Lipinski definition) is 4. The van der Waals surface area contributed by atoms with Crippen molar-refractivity contribution in [1.82, 2.24) is 4.90 Å². The molecule has 0 unspecified atom stereocenters. The van der Waals surface area contributed by atoms with Crippen molar-refractivity contribution in [3.63, 3.8) is 0 Å². The number of halogens is 2. The molecule has 152 valence electrons. The van der Waals surface area contributed by atoms with Crippen molar-refractivity contribution in [2.24, 2.45) is 5.92 Å². The van der Waals surface area contributed by atoms with Crippen LogP contribution in [0.2, 0.25) is 10.0 Å². The first-order valence-electron chi connectivity index (χ1n) is 8.97. The number of aliphatic carboxylic acids is 2.